The molecule has 1 saturated heterocycles. The third-order valence-corrected chi connectivity index (χ3v) is 7.81. The van der Waals surface area contributed by atoms with E-state index in [1.807, 2.05) is 42.5 Å². The summed E-state index contributed by atoms with van der Waals surface area (Å²) in [5.41, 5.74) is 3.97. The summed E-state index contributed by atoms with van der Waals surface area (Å²) in [6, 6.07) is 23.9. The van der Waals surface area contributed by atoms with Crippen molar-refractivity contribution in [2.75, 3.05) is 41.0 Å². The molecule has 0 aromatic heterocycles. The second-order valence-corrected chi connectivity index (χ2v) is 10.2. The monoisotopic (exact) mass is 527 g/mol. The van der Waals surface area contributed by atoms with Gasteiger partial charge in [0.25, 0.3) is 5.91 Å². The number of para-hydroxylation sites is 1. The predicted octanol–water partition coefficient (Wildman–Crippen LogP) is 5.34. The summed E-state index contributed by atoms with van der Waals surface area (Å²) < 4.78 is 16.8. The Balaban J connectivity index is 1.35. The van der Waals surface area contributed by atoms with Gasteiger partial charge in [-0.1, -0.05) is 42.5 Å². The SMILES string of the molecule is COc1ccc(OC)c(C2CC(c3ccccc3OC)=NN2C(=O)CN2CCC(Cc3ccccc3)CC2)c1. The van der Waals surface area contributed by atoms with Crippen molar-refractivity contribution in [1.82, 2.24) is 9.91 Å². The van der Waals surface area contributed by atoms with Gasteiger partial charge in [-0.2, -0.15) is 5.10 Å². The molecule has 5 rings (SSSR count). The van der Waals surface area contributed by atoms with Crippen molar-refractivity contribution in [3.05, 3.63) is 89.5 Å². The van der Waals surface area contributed by atoms with Crippen LogP contribution in [0, 0.1) is 5.92 Å². The minimum atomic E-state index is -0.307. The van der Waals surface area contributed by atoms with Crippen LogP contribution in [-0.4, -0.2) is 62.5 Å². The van der Waals surface area contributed by atoms with Gasteiger partial charge in [0.05, 0.1) is 39.6 Å². The van der Waals surface area contributed by atoms with Crippen molar-refractivity contribution in [1.29, 1.82) is 0 Å². The standard InChI is InChI=1S/C32H37N3O4/c1-37-25-13-14-31(39-3)27(20-25)29-21-28(26-11-7-8-12-30(26)38-2)33-35(29)32(36)22-34-17-15-24(16-18-34)19-23-9-5-4-6-10-23/h4-14,20,24,29H,15-19,21-22H2,1-3H3. The number of piperidine rings is 1. The summed E-state index contributed by atoms with van der Waals surface area (Å²) in [7, 11) is 4.94. The third kappa shape index (κ3) is 6.09. The summed E-state index contributed by atoms with van der Waals surface area (Å²) in [6.07, 6.45) is 3.82. The summed E-state index contributed by atoms with van der Waals surface area (Å²) >= 11 is 0. The zero-order valence-corrected chi connectivity index (χ0v) is 23.0. The number of likely N-dealkylation sites (tertiary alicyclic amines) is 1. The van der Waals surface area contributed by atoms with E-state index >= 15 is 0 Å². The van der Waals surface area contributed by atoms with Crippen LogP contribution in [0.25, 0.3) is 0 Å². The molecule has 7 heteroatoms. The molecule has 1 atom stereocenters. The first kappa shape index (κ1) is 26.8. The van der Waals surface area contributed by atoms with Crippen LogP contribution in [-0.2, 0) is 11.2 Å². The van der Waals surface area contributed by atoms with E-state index in [2.05, 4.69) is 35.2 Å². The zero-order chi connectivity index (χ0) is 27.2. The van der Waals surface area contributed by atoms with Crippen LogP contribution in [0.15, 0.2) is 77.9 Å². The van der Waals surface area contributed by atoms with Gasteiger partial charge in [-0.15, -0.1) is 0 Å². The van der Waals surface area contributed by atoms with E-state index in [0.29, 0.717) is 30.4 Å². The highest BCUT2D eigenvalue weighted by atomic mass is 16.5. The molecular formula is C32H37N3O4. The molecule has 0 N–H and O–H groups in total. The molecule has 7 nitrogen and oxygen atoms in total. The van der Waals surface area contributed by atoms with Gasteiger partial charge >= 0.3 is 0 Å². The molecule has 2 aliphatic rings. The van der Waals surface area contributed by atoms with E-state index in [1.54, 1.807) is 26.3 Å². The maximum Gasteiger partial charge on any atom is 0.257 e. The number of rotatable bonds is 9. The average molecular weight is 528 g/mol. The lowest BCUT2D eigenvalue weighted by Crippen LogP contribution is -2.42. The lowest BCUT2D eigenvalue weighted by molar-refractivity contribution is -0.134. The molecule has 1 amide bonds. The molecule has 0 spiro atoms. The van der Waals surface area contributed by atoms with Crippen molar-refractivity contribution in [2.45, 2.75) is 31.7 Å². The highest BCUT2D eigenvalue weighted by Crippen LogP contribution is 2.40. The van der Waals surface area contributed by atoms with Crippen LogP contribution in [0.4, 0.5) is 0 Å². The second-order valence-electron chi connectivity index (χ2n) is 10.2. The Morgan fingerprint density at radius 3 is 2.31 bits per heavy atom. The minimum Gasteiger partial charge on any atom is -0.497 e. The Morgan fingerprint density at radius 1 is 0.872 bits per heavy atom. The summed E-state index contributed by atoms with van der Waals surface area (Å²) in [5, 5.41) is 6.54. The van der Waals surface area contributed by atoms with Crippen LogP contribution in [0.1, 0.15) is 42.0 Å². The Bertz CT molecular complexity index is 1300. The molecule has 0 aliphatic carbocycles. The topological polar surface area (TPSA) is 63.6 Å². The number of hydrogen-bond acceptors (Lipinski definition) is 6. The minimum absolute atomic E-state index is 0.0173. The first-order chi connectivity index (χ1) is 19.1. The van der Waals surface area contributed by atoms with Crippen LogP contribution < -0.4 is 14.2 Å². The number of hydrogen-bond donors (Lipinski definition) is 0. The van der Waals surface area contributed by atoms with Crippen LogP contribution in [0.3, 0.4) is 0 Å². The van der Waals surface area contributed by atoms with Gasteiger partial charge in [0.2, 0.25) is 0 Å². The number of carbonyl (C=O) groups is 1. The molecule has 39 heavy (non-hydrogen) atoms. The number of carbonyl (C=O) groups excluding carboxylic acids is 1. The number of ether oxygens (including phenoxy) is 3. The summed E-state index contributed by atoms with van der Waals surface area (Å²) in [4.78, 5) is 16.1. The van der Waals surface area contributed by atoms with Gasteiger partial charge in [-0.05, 0) is 74.2 Å². The summed E-state index contributed by atoms with van der Waals surface area (Å²) in [6.45, 7) is 2.16. The van der Waals surface area contributed by atoms with Gasteiger partial charge in [-0.3, -0.25) is 9.69 Å². The second kappa shape index (κ2) is 12.3. The molecule has 3 aromatic rings. The fourth-order valence-corrected chi connectivity index (χ4v) is 5.69. The molecular weight excluding hydrogens is 490 g/mol. The van der Waals surface area contributed by atoms with Crippen molar-refractivity contribution in [3.63, 3.8) is 0 Å². The smallest absolute Gasteiger partial charge is 0.257 e. The fourth-order valence-electron chi connectivity index (χ4n) is 5.69. The van der Waals surface area contributed by atoms with Gasteiger partial charge in [0.1, 0.15) is 17.2 Å². The van der Waals surface area contributed by atoms with Gasteiger partial charge in [0, 0.05) is 17.5 Å². The molecule has 0 radical (unpaired) electrons. The Labute approximate surface area is 231 Å². The lowest BCUT2D eigenvalue weighted by Gasteiger charge is -2.33. The molecule has 204 valence electrons. The van der Waals surface area contributed by atoms with Gasteiger partial charge in [0.15, 0.2) is 0 Å². The Kier molecular flexibility index (Phi) is 8.47. The molecule has 1 fully saturated rings. The Hall–Kier alpha value is -3.84. The molecule has 1 unspecified atom stereocenters. The average Bonchev–Trinajstić information content (AvgIpc) is 3.44. The number of benzene rings is 3. The molecule has 0 saturated carbocycles. The van der Waals surface area contributed by atoms with Crippen LogP contribution in [0.2, 0.25) is 0 Å². The highest BCUT2D eigenvalue weighted by Gasteiger charge is 2.36. The van der Waals surface area contributed by atoms with E-state index in [4.69, 9.17) is 19.3 Å². The molecule has 0 bridgehead atoms. The number of methoxy groups -OCH3 is 3. The maximum atomic E-state index is 13.8. The highest BCUT2D eigenvalue weighted by molar-refractivity contribution is 6.05. The van der Waals surface area contributed by atoms with Crippen LogP contribution in [0.5, 0.6) is 17.2 Å². The lowest BCUT2D eigenvalue weighted by atomic mass is 9.90. The molecule has 3 aromatic carbocycles. The molecule has 2 aliphatic heterocycles. The maximum absolute atomic E-state index is 13.8. The zero-order valence-electron chi connectivity index (χ0n) is 23.0. The van der Waals surface area contributed by atoms with Gasteiger partial charge < -0.3 is 14.2 Å². The molecule has 2 heterocycles. The number of amides is 1. The van der Waals surface area contributed by atoms with Gasteiger partial charge in [-0.25, -0.2) is 5.01 Å². The Morgan fingerprint density at radius 2 is 1.59 bits per heavy atom. The predicted molar refractivity (Wildman–Crippen MR) is 153 cm³/mol. The fraction of sp³-hybridized carbons (Fsp3) is 0.375. The number of nitrogens with zero attached hydrogens (tertiary/aromatic N) is 3. The van der Waals surface area contributed by atoms with Crippen molar-refractivity contribution < 1.29 is 19.0 Å². The normalized spacial score (nSPS) is 18.1. The van der Waals surface area contributed by atoms with E-state index in [9.17, 15) is 4.79 Å². The van der Waals surface area contributed by atoms with Crippen LogP contribution >= 0.6 is 0 Å². The third-order valence-electron chi connectivity index (χ3n) is 7.81. The summed E-state index contributed by atoms with van der Waals surface area (Å²) in [5.74, 6) is 2.79. The largest absolute Gasteiger partial charge is 0.497 e. The first-order valence-electron chi connectivity index (χ1n) is 13.6. The number of hydrazone groups is 1. The van der Waals surface area contributed by atoms with Crippen molar-refractivity contribution >= 4 is 11.6 Å². The van der Waals surface area contributed by atoms with E-state index < -0.39 is 0 Å². The quantitative estimate of drug-likeness (QED) is 0.376. The van der Waals surface area contributed by atoms with Crippen molar-refractivity contribution in [2.24, 2.45) is 11.0 Å². The van der Waals surface area contributed by atoms with Crippen molar-refractivity contribution in [3.8, 4) is 17.2 Å². The van der Waals surface area contributed by atoms with E-state index in [-0.39, 0.29) is 11.9 Å². The first-order valence-corrected chi connectivity index (χ1v) is 13.6. The van der Waals surface area contributed by atoms with E-state index in [1.165, 1.54) is 5.56 Å². The van der Waals surface area contributed by atoms with E-state index in [0.717, 1.165) is 54.9 Å².